The zero-order valence-corrected chi connectivity index (χ0v) is 21.9. The maximum absolute atomic E-state index is 15.6. The van der Waals surface area contributed by atoms with E-state index in [0.29, 0.717) is 50.3 Å². The quantitative estimate of drug-likeness (QED) is 0.225. The van der Waals surface area contributed by atoms with Crippen LogP contribution in [-0.2, 0) is 20.8 Å². The van der Waals surface area contributed by atoms with Gasteiger partial charge >= 0.3 is 22.0 Å². The first kappa shape index (κ1) is 26.6. The van der Waals surface area contributed by atoms with E-state index in [0.717, 1.165) is 18.9 Å². The number of carbonyl (C=O) groups excluding carboxylic acids is 1. The summed E-state index contributed by atoms with van der Waals surface area (Å²) >= 11 is 0. The van der Waals surface area contributed by atoms with E-state index in [-0.39, 0.29) is 28.7 Å². The van der Waals surface area contributed by atoms with E-state index in [1.54, 1.807) is 15.5 Å². The number of aromatic nitrogens is 1. The van der Waals surface area contributed by atoms with Crippen LogP contribution < -0.4 is 15.1 Å². The Morgan fingerprint density at radius 1 is 1.23 bits per heavy atom. The Morgan fingerprint density at radius 3 is 2.49 bits per heavy atom. The number of nitro groups is 1. The molecule has 0 unspecified atom stereocenters. The number of halogens is 1. The van der Waals surface area contributed by atoms with Crippen molar-refractivity contribution in [3.63, 3.8) is 0 Å². The summed E-state index contributed by atoms with van der Waals surface area (Å²) in [6.45, 7) is 2.15. The molecule has 1 saturated carbocycles. The van der Waals surface area contributed by atoms with Gasteiger partial charge in [-0.1, -0.05) is 0 Å². The van der Waals surface area contributed by atoms with E-state index >= 15 is 4.39 Å². The lowest BCUT2D eigenvalue weighted by Gasteiger charge is -2.36. The molecule has 0 bridgehead atoms. The van der Waals surface area contributed by atoms with E-state index in [2.05, 4.69) is 4.18 Å². The molecule has 3 heterocycles. The van der Waals surface area contributed by atoms with Crippen LogP contribution in [0.5, 0.6) is 5.75 Å². The molecule has 0 radical (unpaired) electrons. The van der Waals surface area contributed by atoms with Gasteiger partial charge in [0.25, 0.3) is 0 Å². The molecule has 0 spiro atoms. The molecule has 0 atom stereocenters. The number of ether oxygens (including phenoxy) is 1. The summed E-state index contributed by atoms with van der Waals surface area (Å²) in [6.07, 6.45) is 3.44. The molecule has 39 heavy (non-hydrogen) atoms. The minimum absolute atomic E-state index is 0.0840. The minimum atomic E-state index is -4.17. The van der Waals surface area contributed by atoms with Gasteiger partial charge in [0.15, 0.2) is 11.6 Å². The lowest BCUT2D eigenvalue weighted by molar-refractivity contribution is -0.402. The van der Waals surface area contributed by atoms with Crippen LogP contribution in [0.25, 0.3) is 10.9 Å². The summed E-state index contributed by atoms with van der Waals surface area (Å²) in [4.78, 5) is 39.8. The molecule has 13 nitrogen and oxygen atoms in total. The second-order valence-electron chi connectivity index (χ2n) is 9.48. The predicted molar refractivity (Wildman–Crippen MR) is 136 cm³/mol. The Kier molecular flexibility index (Phi) is 6.80. The molecule has 1 aliphatic carbocycles. The van der Waals surface area contributed by atoms with Crippen molar-refractivity contribution in [3.8, 4) is 5.75 Å². The number of rotatable bonds is 8. The number of methoxy groups -OCH3 is 1. The smallest absolute Gasteiger partial charge is 0.433 e. The highest BCUT2D eigenvalue weighted by atomic mass is 32.2. The Hall–Kier alpha value is -3.98. The van der Waals surface area contributed by atoms with Crippen molar-refractivity contribution in [2.75, 3.05) is 44.4 Å². The van der Waals surface area contributed by atoms with Crippen molar-refractivity contribution in [3.05, 3.63) is 61.9 Å². The van der Waals surface area contributed by atoms with Crippen LogP contribution in [0.3, 0.4) is 0 Å². The molecule has 2 aliphatic rings. The number of pyridine rings is 1. The molecule has 0 amide bonds. The van der Waals surface area contributed by atoms with E-state index in [1.807, 2.05) is 4.90 Å². The van der Waals surface area contributed by atoms with E-state index < -0.39 is 37.8 Å². The number of anilines is 1. The number of carbonyl (C=O) groups is 1. The van der Waals surface area contributed by atoms with Crippen LogP contribution >= 0.6 is 0 Å². The number of furan rings is 1. The van der Waals surface area contributed by atoms with Crippen molar-refractivity contribution in [1.29, 1.82) is 0 Å². The second kappa shape index (κ2) is 9.96. The Bertz CT molecular complexity index is 1640. The summed E-state index contributed by atoms with van der Waals surface area (Å²) in [7, 11) is -2.80. The third-order valence-electron chi connectivity index (χ3n) is 6.68. The van der Waals surface area contributed by atoms with Crippen LogP contribution in [0, 0.1) is 15.9 Å². The zero-order chi connectivity index (χ0) is 28.1. The molecule has 1 saturated heterocycles. The summed E-state index contributed by atoms with van der Waals surface area (Å²) in [6, 6.07) is 3.81. The lowest BCUT2D eigenvalue weighted by atomic mass is 10.1. The summed E-state index contributed by atoms with van der Waals surface area (Å²) < 4.78 is 55.5. The van der Waals surface area contributed by atoms with E-state index in [4.69, 9.17) is 9.15 Å². The van der Waals surface area contributed by atoms with Crippen LogP contribution in [0.4, 0.5) is 16.0 Å². The van der Waals surface area contributed by atoms with Crippen LogP contribution in [0.1, 0.15) is 35.0 Å². The highest BCUT2D eigenvalue weighted by molar-refractivity contribution is 7.86. The van der Waals surface area contributed by atoms with Crippen LogP contribution in [0.15, 0.2) is 33.6 Å². The summed E-state index contributed by atoms with van der Waals surface area (Å²) in [5.41, 5.74) is -0.904. The normalized spacial score (nSPS) is 16.4. The standard InChI is InChI=1S/C24H25FN4O9S/c1-36-23-20-16(22(30)17(13-28(20)14-3-4-14)24(31)38-39(2,34)35)11-18(25)21(23)27-9-7-26(8-10-27)12-15-5-6-19(37-15)29(32)33/h5-6,11,13-14H,3-4,7-10,12H2,1-2H3. The minimum Gasteiger partial charge on any atom is -0.492 e. The fourth-order valence-electron chi connectivity index (χ4n) is 4.80. The monoisotopic (exact) mass is 564 g/mol. The average molecular weight is 565 g/mol. The largest absolute Gasteiger partial charge is 0.492 e. The first-order valence-electron chi connectivity index (χ1n) is 12.1. The van der Waals surface area contributed by atoms with Gasteiger partial charge in [0.2, 0.25) is 5.43 Å². The van der Waals surface area contributed by atoms with Crippen molar-refractivity contribution >= 4 is 38.6 Å². The molecular weight excluding hydrogens is 539 g/mol. The maximum atomic E-state index is 15.6. The Balaban J connectivity index is 1.48. The predicted octanol–water partition coefficient (Wildman–Crippen LogP) is 2.42. The average Bonchev–Trinajstić information content (AvgIpc) is 3.60. The molecule has 5 rings (SSSR count). The summed E-state index contributed by atoms with van der Waals surface area (Å²) in [5.74, 6) is -1.82. The molecule has 2 fully saturated rings. The van der Waals surface area contributed by atoms with E-state index in [1.165, 1.54) is 19.4 Å². The van der Waals surface area contributed by atoms with Gasteiger partial charge in [-0.2, -0.15) is 8.42 Å². The van der Waals surface area contributed by atoms with E-state index in [9.17, 15) is 28.1 Å². The summed E-state index contributed by atoms with van der Waals surface area (Å²) in [5, 5.41) is 10.7. The van der Waals surface area contributed by atoms with Crippen molar-refractivity contribution in [2.45, 2.75) is 25.4 Å². The van der Waals surface area contributed by atoms with Crippen molar-refractivity contribution < 1.29 is 35.9 Å². The van der Waals surface area contributed by atoms with Gasteiger partial charge in [0, 0.05) is 38.4 Å². The first-order chi connectivity index (χ1) is 18.5. The fraction of sp³-hybridized carbons (Fsp3) is 0.417. The molecular formula is C24H25FN4O9S. The second-order valence-corrected chi connectivity index (χ2v) is 11.1. The highest BCUT2D eigenvalue weighted by Gasteiger charge is 2.33. The lowest BCUT2D eigenvalue weighted by Crippen LogP contribution is -2.46. The molecule has 3 aromatic rings. The van der Waals surface area contributed by atoms with Gasteiger partial charge in [-0.25, -0.2) is 9.18 Å². The number of nitrogens with zero attached hydrogens (tertiary/aromatic N) is 4. The fourth-order valence-corrected chi connectivity index (χ4v) is 5.16. The number of hydrogen-bond donors (Lipinski definition) is 0. The van der Waals surface area contributed by atoms with Gasteiger partial charge in [-0.05, 0) is 25.0 Å². The molecule has 2 aromatic heterocycles. The van der Waals surface area contributed by atoms with Gasteiger partial charge in [-0.15, -0.1) is 0 Å². The van der Waals surface area contributed by atoms with Crippen molar-refractivity contribution in [2.24, 2.45) is 0 Å². The topological polar surface area (TPSA) is 154 Å². The van der Waals surface area contributed by atoms with Gasteiger partial charge in [0.05, 0.1) is 36.9 Å². The number of hydrogen-bond acceptors (Lipinski definition) is 11. The number of benzene rings is 1. The van der Waals surface area contributed by atoms with Crippen molar-refractivity contribution in [1.82, 2.24) is 9.47 Å². The molecule has 15 heteroatoms. The third-order valence-corrected chi connectivity index (χ3v) is 7.14. The molecule has 1 aliphatic heterocycles. The highest BCUT2D eigenvalue weighted by Crippen LogP contribution is 2.44. The molecule has 1 aromatic carbocycles. The van der Waals surface area contributed by atoms with Crippen LogP contribution in [-0.4, -0.2) is 68.3 Å². The molecule has 0 N–H and O–H groups in total. The van der Waals surface area contributed by atoms with Gasteiger partial charge < -0.3 is 22.8 Å². The Morgan fingerprint density at radius 2 is 1.92 bits per heavy atom. The molecule has 208 valence electrons. The SMILES string of the molecule is COc1c(N2CCN(Cc3ccc([N+](=O)[O-])o3)CC2)c(F)cc2c(=O)c(C(=O)OS(C)(=O)=O)cn(C3CC3)c12. The number of piperazine rings is 1. The first-order valence-corrected chi connectivity index (χ1v) is 13.9. The zero-order valence-electron chi connectivity index (χ0n) is 21.1. The Labute approximate surface area is 221 Å². The van der Waals surface area contributed by atoms with Gasteiger partial charge in [0.1, 0.15) is 21.9 Å². The van der Waals surface area contributed by atoms with Crippen LogP contribution in [0.2, 0.25) is 0 Å². The third kappa shape index (κ3) is 5.31. The maximum Gasteiger partial charge on any atom is 0.433 e. The van der Waals surface area contributed by atoms with Gasteiger partial charge in [-0.3, -0.25) is 19.8 Å². The number of fused-ring (bicyclic) bond motifs is 1.